The Balaban J connectivity index is 1.99. The topological polar surface area (TPSA) is 64.4 Å². The Morgan fingerprint density at radius 1 is 1.35 bits per heavy atom. The first-order chi connectivity index (χ1) is 8.15. The van der Waals surface area contributed by atoms with Gasteiger partial charge in [0.05, 0.1) is 23.1 Å². The number of nitrogens with one attached hydrogen (secondary N) is 1. The molecule has 0 bridgehead atoms. The summed E-state index contributed by atoms with van der Waals surface area (Å²) in [5, 5.41) is 3.05. The summed E-state index contributed by atoms with van der Waals surface area (Å²) >= 11 is 5.10. The first kappa shape index (κ1) is 12.8. The minimum atomic E-state index is -0.590. The molecule has 3 N–H and O–H groups in total. The van der Waals surface area contributed by atoms with E-state index >= 15 is 0 Å². The van der Waals surface area contributed by atoms with Gasteiger partial charge in [-0.15, -0.1) is 0 Å². The number of carbonyl (C=O) groups excluding carboxylic acids is 1. The van der Waals surface area contributed by atoms with E-state index in [2.05, 4.69) is 5.32 Å². The fraction of sp³-hybridized carbons (Fsp3) is 0.833. The summed E-state index contributed by atoms with van der Waals surface area (Å²) in [5.74, 6) is 0.0120. The van der Waals surface area contributed by atoms with Crippen LogP contribution in [0.5, 0.6) is 0 Å². The number of hydrogen-bond donors (Lipinski definition) is 2. The van der Waals surface area contributed by atoms with E-state index in [-0.39, 0.29) is 11.9 Å². The zero-order chi connectivity index (χ0) is 12.3. The molecule has 1 unspecified atom stereocenters. The van der Waals surface area contributed by atoms with Gasteiger partial charge in [-0.1, -0.05) is 25.1 Å². The molecule has 2 fully saturated rings. The van der Waals surface area contributed by atoms with Crippen LogP contribution in [0.15, 0.2) is 0 Å². The third kappa shape index (κ3) is 2.60. The molecule has 0 aromatic heterocycles. The summed E-state index contributed by atoms with van der Waals surface area (Å²) in [6.07, 6.45) is 5.64. The summed E-state index contributed by atoms with van der Waals surface area (Å²) in [6, 6.07) is 0.128. The summed E-state index contributed by atoms with van der Waals surface area (Å²) < 4.78 is 5.36. The van der Waals surface area contributed by atoms with Crippen LogP contribution in [0.25, 0.3) is 0 Å². The monoisotopic (exact) mass is 256 g/mol. The third-order valence-electron chi connectivity index (χ3n) is 3.86. The Morgan fingerprint density at radius 2 is 2.06 bits per heavy atom. The maximum atomic E-state index is 12.3. The van der Waals surface area contributed by atoms with Crippen molar-refractivity contribution in [1.82, 2.24) is 5.32 Å². The van der Waals surface area contributed by atoms with Crippen LogP contribution in [0, 0.1) is 5.41 Å². The van der Waals surface area contributed by atoms with Gasteiger partial charge < -0.3 is 15.8 Å². The molecule has 1 saturated heterocycles. The van der Waals surface area contributed by atoms with Gasteiger partial charge in [0.1, 0.15) is 0 Å². The molecule has 2 rings (SSSR count). The second-order valence-corrected chi connectivity index (χ2v) is 5.48. The number of nitrogens with two attached hydrogens (primary N) is 1. The highest BCUT2D eigenvalue weighted by molar-refractivity contribution is 7.80. The number of hydrogen-bond acceptors (Lipinski definition) is 3. The molecule has 1 heterocycles. The highest BCUT2D eigenvalue weighted by Gasteiger charge is 2.44. The number of amides is 1. The van der Waals surface area contributed by atoms with Crippen molar-refractivity contribution in [3.05, 3.63) is 0 Å². The zero-order valence-electron chi connectivity index (χ0n) is 10.0. The summed E-state index contributed by atoms with van der Waals surface area (Å²) in [7, 11) is 0. The SMILES string of the molecule is NC(=S)C1(C(=O)NC2CCCOC2)CCCC1. The summed E-state index contributed by atoms with van der Waals surface area (Å²) in [6.45, 7) is 1.41. The predicted octanol–water partition coefficient (Wildman–Crippen LogP) is 1.13. The van der Waals surface area contributed by atoms with Crippen molar-refractivity contribution < 1.29 is 9.53 Å². The van der Waals surface area contributed by atoms with Crippen molar-refractivity contribution in [3.63, 3.8) is 0 Å². The van der Waals surface area contributed by atoms with Crippen LogP contribution >= 0.6 is 12.2 Å². The average molecular weight is 256 g/mol. The third-order valence-corrected chi connectivity index (χ3v) is 4.25. The van der Waals surface area contributed by atoms with Gasteiger partial charge in [-0.25, -0.2) is 0 Å². The van der Waals surface area contributed by atoms with Gasteiger partial charge in [-0.3, -0.25) is 4.79 Å². The van der Waals surface area contributed by atoms with Crippen molar-refractivity contribution >= 4 is 23.1 Å². The summed E-state index contributed by atoms with van der Waals surface area (Å²) in [4.78, 5) is 12.7. The van der Waals surface area contributed by atoms with Crippen LogP contribution < -0.4 is 11.1 Å². The van der Waals surface area contributed by atoms with E-state index in [0.29, 0.717) is 11.6 Å². The molecule has 4 nitrogen and oxygen atoms in total. The molecule has 0 aromatic carbocycles. The number of carbonyl (C=O) groups is 1. The van der Waals surface area contributed by atoms with E-state index in [4.69, 9.17) is 22.7 Å². The molecule has 1 atom stereocenters. The molecule has 0 aromatic rings. The number of ether oxygens (including phenoxy) is 1. The molecule has 96 valence electrons. The number of thiocarbonyl (C=S) groups is 1. The predicted molar refractivity (Wildman–Crippen MR) is 69.7 cm³/mol. The van der Waals surface area contributed by atoms with Crippen LogP contribution in [-0.4, -0.2) is 30.2 Å². The normalized spacial score (nSPS) is 27.6. The van der Waals surface area contributed by atoms with Crippen LogP contribution in [0.4, 0.5) is 0 Å². The molecular weight excluding hydrogens is 236 g/mol. The Hall–Kier alpha value is -0.680. The van der Waals surface area contributed by atoms with E-state index < -0.39 is 5.41 Å². The second kappa shape index (κ2) is 5.31. The van der Waals surface area contributed by atoms with E-state index in [0.717, 1.165) is 45.1 Å². The van der Waals surface area contributed by atoms with Gasteiger partial charge in [0, 0.05) is 6.61 Å². The molecule has 1 aliphatic heterocycles. The smallest absolute Gasteiger partial charge is 0.233 e. The van der Waals surface area contributed by atoms with Gasteiger partial charge in [0.15, 0.2) is 0 Å². The zero-order valence-corrected chi connectivity index (χ0v) is 10.9. The van der Waals surface area contributed by atoms with E-state index in [1.54, 1.807) is 0 Å². The fourth-order valence-corrected chi connectivity index (χ4v) is 3.04. The Kier molecular flexibility index (Phi) is 3.99. The minimum Gasteiger partial charge on any atom is -0.392 e. The van der Waals surface area contributed by atoms with Crippen molar-refractivity contribution in [3.8, 4) is 0 Å². The van der Waals surface area contributed by atoms with Crippen LogP contribution in [0.2, 0.25) is 0 Å². The van der Waals surface area contributed by atoms with Gasteiger partial charge in [-0.05, 0) is 25.7 Å². The summed E-state index contributed by atoms with van der Waals surface area (Å²) in [5.41, 5.74) is 5.19. The number of rotatable bonds is 3. The first-order valence-corrected chi connectivity index (χ1v) is 6.74. The minimum absolute atomic E-state index is 0.0120. The molecule has 2 aliphatic rings. The molecule has 1 saturated carbocycles. The largest absolute Gasteiger partial charge is 0.392 e. The lowest BCUT2D eigenvalue weighted by molar-refractivity contribution is -0.129. The molecule has 0 spiro atoms. The van der Waals surface area contributed by atoms with Crippen molar-refractivity contribution in [1.29, 1.82) is 0 Å². The van der Waals surface area contributed by atoms with Crippen molar-refractivity contribution in [2.24, 2.45) is 11.1 Å². The van der Waals surface area contributed by atoms with Gasteiger partial charge in [-0.2, -0.15) is 0 Å². The fourth-order valence-electron chi connectivity index (χ4n) is 2.74. The van der Waals surface area contributed by atoms with Crippen molar-refractivity contribution in [2.45, 2.75) is 44.6 Å². The lowest BCUT2D eigenvalue weighted by Crippen LogP contribution is -2.52. The maximum absolute atomic E-state index is 12.3. The molecule has 17 heavy (non-hydrogen) atoms. The van der Waals surface area contributed by atoms with Crippen LogP contribution in [0.3, 0.4) is 0 Å². The Bertz CT molecular complexity index is 308. The quantitative estimate of drug-likeness (QED) is 0.743. The maximum Gasteiger partial charge on any atom is 0.233 e. The highest BCUT2D eigenvalue weighted by atomic mass is 32.1. The van der Waals surface area contributed by atoms with Gasteiger partial charge in [0.2, 0.25) is 5.91 Å². The average Bonchev–Trinajstić information content (AvgIpc) is 2.80. The molecule has 1 aliphatic carbocycles. The molecule has 5 heteroatoms. The lowest BCUT2D eigenvalue weighted by Gasteiger charge is -2.30. The first-order valence-electron chi connectivity index (χ1n) is 6.34. The van der Waals surface area contributed by atoms with Gasteiger partial charge >= 0.3 is 0 Å². The standard InChI is InChI=1S/C12H20N2O2S/c13-10(17)12(5-1-2-6-12)11(15)14-9-4-3-7-16-8-9/h9H,1-8H2,(H2,13,17)(H,14,15). The van der Waals surface area contributed by atoms with Crippen LogP contribution in [-0.2, 0) is 9.53 Å². The highest BCUT2D eigenvalue weighted by Crippen LogP contribution is 2.38. The van der Waals surface area contributed by atoms with E-state index in [1.807, 2.05) is 0 Å². The Morgan fingerprint density at radius 3 is 2.59 bits per heavy atom. The Labute approximate surface area is 107 Å². The lowest BCUT2D eigenvalue weighted by atomic mass is 9.84. The molecule has 0 radical (unpaired) electrons. The van der Waals surface area contributed by atoms with Gasteiger partial charge in [0.25, 0.3) is 0 Å². The van der Waals surface area contributed by atoms with Crippen LogP contribution in [0.1, 0.15) is 38.5 Å². The molecular formula is C12H20N2O2S. The second-order valence-electron chi connectivity index (χ2n) is 5.04. The van der Waals surface area contributed by atoms with E-state index in [9.17, 15) is 4.79 Å². The van der Waals surface area contributed by atoms with Crippen molar-refractivity contribution in [2.75, 3.05) is 13.2 Å². The molecule has 1 amide bonds. The van der Waals surface area contributed by atoms with E-state index in [1.165, 1.54) is 0 Å².